The Morgan fingerprint density at radius 2 is 1.76 bits per heavy atom. The van der Waals surface area contributed by atoms with Crippen molar-refractivity contribution in [1.82, 2.24) is 0 Å². The van der Waals surface area contributed by atoms with Crippen molar-refractivity contribution in [2.75, 3.05) is 0 Å². The lowest BCUT2D eigenvalue weighted by atomic mass is 9.88. The molecule has 0 heterocycles. The van der Waals surface area contributed by atoms with Crippen LogP contribution in [0.2, 0.25) is 5.02 Å². The van der Waals surface area contributed by atoms with Gasteiger partial charge in [0.25, 0.3) is 0 Å². The van der Waals surface area contributed by atoms with E-state index >= 15 is 0 Å². The van der Waals surface area contributed by atoms with Crippen LogP contribution in [0.5, 0.6) is 0 Å². The number of hydrogen-bond acceptors (Lipinski definition) is 1. The molecule has 1 atom stereocenters. The van der Waals surface area contributed by atoms with E-state index in [1.807, 2.05) is 0 Å². The van der Waals surface area contributed by atoms with Gasteiger partial charge in [0.15, 0.2) is 0 Å². The van der Waals surface area contributed by atoms with Crippen LogP contribution in [0.4, 0.5) is 0 Å². The summed E-state index contributed by atoms with van der Waals surface area (Å²) < 4.78 is 0. The average Bonchev–Trinajstić information content (AvgIpc) is 2.27. The van der Waals surface area contributed by atoms with E-state index in [0.717, 1.165) is 17.0 Å². The third kappa shape index (κ3) is 3.02. The molecule has 2 N–H and O–H groups in total. The largest absolute Gasteiger partial charge is 0.324 e. The maximum absolute atomic E-state index is 6.36. The molecule has 1 unspecified atom stereocenters. The Hall–Kier alpha value is -0.530. The number of benzene rings is 1. The van der Waals surface area contributed by atoms with E-state index in [9.17, 15) is 0 Å². The molecule has 17 heavy (non-hydrogen) atoms. The predicted molar refractivity (Wildman–Crippen MR) is 74.5 cm³/mol. The smallest absolute Gasteiger partial charge is 0.0456 e. The minimum Gasteiger partial charge on any atom is -0.324 e. The molecule has 2 heteroatoms. The number of halogens is 1. The highest BCUT2D eigenvalue weighted by Crippen LogP contribution is 2.32. The van der Waals surface area contributed by atoms with E-state index in [0.29, 0.717) is 5.92 Å². The van der Waals surface area contributed by atoms with Crippen LogP contribution in [0.3, 0.4) is 0 Å². The minimum absolute atomic E-state index is 0.0785. The Morgan fingerprint density at radius 3 is 2.35 bits per heavy atom. The van der Waals surface area contributed by atoms with E-state index in [1.165, 1.54) is 36.8 Å². The van der Waals surface area contributed by atoms with E-state index < -0.39 is 0 Å². The molecule has 0 radical (unpaired) electrons. The first-order valence-corrected chi connectivity index (χ1v) is 7.02. The average molecular weight is 252 g/mol. The van der Waals surface area contributed by atoms with Crippen molar-refractivity contribution in [2.45, 2.75) is 52.0 Å². The molecule has 94 valence electrons. The van der Waals surface area contributed by atoms with Crippen molar-refractivity contribution in [2.24, 2.45) is 11.7 Å². The van der Waals surface area contributed by atoms with Gasteiger partial charge < -0.3 is 5.73 Å². The predicted octanol–water partition coefficient (Wildman–Crippen LogP) is 4.26. The molecule has 0 bridgehead atoms. The van der Waals surface area contributed by atoms with Crippen LogP contribution in [0.25, 0.3) is 0 Å². The molecule has 1 aliphatic rings. The summed E-state index contributed by atoms with van der Waals surface area (Å²) in [6.07, 6.45) is 5.95. The fraction of sp³-hybridized carbons (Fsp3) is 0.600. The molecular weight excluding hydrogens is 230 g/mol. The maximum atomic E-state index is 6.36. The summed E-state index contributed by atoms with van der Waals surface area (Å²) in [5.41, 5.74) is 10.3. The monoisotopic (exact) mass is 251 g/mol. The van der Waals surface area contributed by atoms with E-state index in [2.05, 4.69) is 26.0 Å². The second-order valence-electron chi connectivity index (χ2n) is 5.59. The summed E-state index contributed by atoms with van der Waals surface area (Å²) in [5, 5.41) is 0.860. The zero-order valence-electron chi connectivity index (χ0n) is 10.8. The van der Waals surface area contributed by atoms with Gasteiger partial charge in [0.2, 0.25) is 0 Å². The quantitative estimate of drug-likeness (QED) is 0.853. The second kappa shape index (κ2) is 5.41. The highest BCUT2D eigenvalue weighted by molar-refractivity contribution is 6.31. The zero-order chi connectivity index (χ0) is 12.4. The number of hydrogen-bond donors (Lipinski definition) is 1. The second-order valence-corrected chi connectivity index (χ2v) is 5.99. The number of aryl methyl sites for hydroxylation is 2. The van der Waals surface area contributed by atoms with Gasteiger partial charge >= 0.3 is 0 Å². The van der Waals surface area contributed by atoms with Gasteiger partial charge in [0.1, 0.15) is 0 Å². The van der Waals surface area contributed by atoms with Crippen molar-refractivity contribution < 1.29 is 0 Å². The molecule has 1 aliphatic carbocycles. The summed E-state index contributed by atoms with van der Waals surface area (Å²) >= 11 is 6.36. The Balaban J connectivity index is 2.28. The van der Waals surface area contributed by atoms with Crippen LogP contribution in [0.15, 0.2) is 12.1 Å². The van der Waals surface area contributed by atoms with Gasteiger partial charge in [-0.15, -0.1) is 0 Å². The van der Waals surface area contributed by atoms with Crippen molar-refractivity contribution in [1.29, 1.82) is 0 Å². The van der Waals surface area contributed by atoms with Crippen LogP contribution in [0, 0.1) is 5.92 Å². The van der Waals surface area contributed by atoms with Gasteiger partial charge in [-0.1, -0.05) is 31.5 Å². The van der Waals surface area contributed by atoms with Gasteiger partial charge in [-0.2, -0.15) is 0 Å². The zero-order valence-corrected chi connectivity index (χ0v) is 11.6. The van der Waals surface area contributed by atoms with E-state index in [4.69, 9.17) is 17.3 Å². The molecule has 1 aromatic carbocycles. The van der Waals surface area contributed by atoms with Crippen LogP contribution in [-0.2, 0) is 12.8 Å². The molecule has 0 aromatic heterocycles. The van der Waals surface area contributed by atoms with Crippen LogP contribution in [0.1, 0.15) is 55.8 Å². The van der Waals surface area contributed by atoms with Gasteiger partial charge in [-0.3, -0.25) is 0 Å². The van der Waals surface area contributed by atoms with Crippen LogP contribution >= 0.6 is 11.6 Å². The number of rotatable bonds is 3. The first-order chi connectivity index (χ1) is 8.08. The topological polar surface area (TPSA) is 26.0 Å². The Bertz CT molecular complexity index is 398. The molecule has 0 saturated carbocycles. The normalized spacial score (nSPS) is 17.0. The van der Waals surface area contributed by atoms with Gasteiger partial charge in [-0.05, 0) is 60.8 Å². The van der Waals surface area contributed by atoms with Crippen molar-refractivity contribution in [3.05, 3.63) is 33.8 Å². The van der Waals surface area contributed by atoms with Crippen LogP contribution < -0.4 is 5.73 Å². The van der Waals surface area contributed by atoms with Gasteiger partial charge in [0, 0.05) is 11.1 Å². The molecule has 1 aromatic rings. The molecule has 1 nitrogen and oxygen atoms in total. The molecule has 0 spiro atoms. The Morgan fingerprint density at radius 1 is 1.18 bits per heavy atom. The summed E-state index contributed by atoms with van der Waals surface area (Å²) in [5.74, 6) is 0.608. The summed E-state index contributed by atoms with van der Waals surface area (Å²) in [6.45, 7) is 4.40. The Labute approximate surface area is 109 Å². The van der Waals surface area contributed by atoms with E-state index in [1.54, 1.807) is 0 Å². The maximum Gasteiger partial charge on any atom is 0.0456 e. The standard InChI is InChI=1S/C15H22ClN/c1-10(2)7-15(17)13-8-11-5-3-4-6-12(11)9-14(13)16/h8-10,15H,3-7,17H2,1-2H3. The lowest BCUT2D eigenvalue weighted by molar-refractivity contribution is 0.509. The molecule has 0 saturated heterocycles. The third-order valence-corrected chi connectivity index (χ3v) is 3.91. The fourth-order valence-corrected chi connectivity index (χ4v) is 3.02. The lowest BCUT2D eigenvalue weighted by Crippen LogP contribution is -2.15. The summed E-state index contributed by atoms with van der Waals surface area (Å²) in [4.78, 5) is 0. The summed E-state index contributed by atoms with van der Waals surface area (Å²) in [6, 6.07) is 4.48. The SMILES string of the molecule is CC(C)CC(N)c1cc2c(cc1Cl)CCCC2. The fourth-order valence-electron chi connectivity index (χ4n) is 2.69. The molecule has 0 fully saturated rings. The van der Waals surface area contributed by atoms with Crippen molar-refractivity contribution >= 4 is 11.6 Å². The molecule has 0 amide bonds. The van der Waals surface area contributed by atoms with Crippen LogP contribution in [-0.4, -0.2) is 0 Å². The summed E-state index contributed by atoms with van der Waals surface area (Å²) in [7, 11) is 0. The first kappa shape index (κ1) is 12.9. The van der Waals surface area contributed by atoms with Crippen molar-refractivity contribution in [3.8, 4) is 0 Å². The van der Waals surface area contributed by atoms with E-state index in [-0.39, 0.29) is 6.04 Å². The molecular formula is C15H22ClN. The van der Waals surface area contributed by atoms with Gasteiger partial charge in [0.05, 0.1) is 0 Å². The number of fused-ring (bicyclic) bond motifs is 1. The lowest BCUT2D eigenvalue weighted by Gasteiger charge is -2.21. The van der Waals surface area contributed by atoms with Crippen molar-refractivity contribution in [3.63, 3.8) is 0 Å². The third-order valence-electron chi connectivity index (χ3n) is 3.59. The van der Waals surface area contributed by atoms with Gasteiger partial charge in [-0.25, -0.2) is 0 Å². The molecule has 2 rings (SSSR count). The number of nitrogens with two attached hydrogens (primary N) is 1. The Kier molecular flexibility index (Phi) is 4.11. The minimum atomic E-state index is 0.0785. The molecule has 0 aliphatic heterocycles. The highest BCUT2D eigenvalue weighted by atomic mass is 35.5. The highest BCUT2D eigenvalue weighted by Gasteiger charge is 2.17. The first-order valence-electron chi connectivity index (χ1n) is 6.64.